The number of nitrogens with zero attached hydrogens (tertiary/aromatic N) is 1. The van der Waals surface area contributed by atoms with E-state index in [4.69, 9.17) is 25.8 Å². The number of hydrogen-bond acceptors (Lipinski definition) is 10. The third kappa shape index (κ3) is 10.0. The zero-order chi connectivity index (χ0) is 23.6. The van der Waals surface area contributed by atoms with Gasteiger partial charge in [-0.1, -0.05) is 7.43 Å². The Morgan fingerprint density at radius 3 is 1.61 bits per heavy atom. The molecule has 33 heavy (non-hydrogen) atoms. The van der Waals surface area contributed by atoms with Gasteiger partial charge in [-0.15, -0.1) is 0 Å². The van der Waals surface area contributed by atoms with Crippen LogP contribution in [-0.4, -0.2) is 63.7 Å². The fourth-order valence-corrected chi connectivity index (χ4v) is 1.98. The van der Waals surface area contributed by atoms with E-state index in [-0.39, 0.29) is 63.8 Å². The molecule has 0 saturated heterocycles. The molecule has 0 bridgehead atoms. The number of methoxy groups -OCH3 is 2. The maximum absolute atomic E-state index is 10.6. The average Bonchev–Trinajstić information content (AvgIpc) is 2.70. The van der Waals surface area contributed by atoms with Gasteiger partial charge in [0, 0.05) is 45.7 Å². The number of carboxylic acid groups (broad SMARTS) is 2. The maximum Gasteiger partial charge on any atom is 0.342 e. The molecule has 190 valence electrons. The first kappa shape index (κ1) is 36.8. The summed E-state index contributed by atoms with van der Waals surface area (Å²) < 4.78 is 9.36. The maximum atomic E-state index is 10.6. The number of nitro groups is 1. The number of rotatable bonds is 5. The predicted octanol–water partition coefficient (Wildman–Crippen LogP) is 2.38. The Morgan fingerprint density at radius 2 is 1.27 bits per heavy atom. The summed E-state index contributed by atoms with van der Waals surface area (Å²) in [6.45, 7) is 0. The van der Waals surface area contributed by atoms with Crippen LogP contribution < -0.4 is 15.2 Å². The third-order valence-corrected chi connectivity index (χ3v) is 3.31. The van der Waals surface area contributed by atoms with Gasteiger partial charge in [0.2, 0.25) is 0 Å². The number of phenols is 2. The SMILES string of the molecule is C.CO.COc1cc(N)c(C(=O)O)cc1O.COc1cc([N+](=O)[O-])c(C(=O)O)cc1O.[CH3-].[Pd]. The van der Waals surface area contributed by atoms with Gasteiger partial charge in [-0.05, 0) is 0 Å². The molecule has 0 aliphatic carbocycles. The van der Waals surface area contributed by atoms with Gasteiger partial charge in [-0.3, -0.25) is 10.1 Å². The van der Waals surface area contributed by atoms with Gasteiger partial charge in [0.15, 0.2) is 23.0 Å². The first-order valence-electron chi connectivity index (χ1n) is 7.66. The monoisotopic (exact) mass is 565 g/mol. The number of aliphatic hydroxyl groups is 1. The summed E-state index contributed by atoms with van der Waals surface area (Å²) >= 11 is 0. The Hall–Kier alpha value is -3.60. The molecule has 14 heteroatoms. The van der Waals surface area contributed by atoms with Crippen molar-refractivity contribution in [2.24, 2.45) is 0 Å². The molecule has 0 radical (unpaired) electrons. The summed E-state index contributed by atoms with van der Waals surface area (Å²) in [6, 6.07) is 3.95. The van der Waals surface area contributed by atoms with Crippen LogP contribution in [0.5, 0.6) is 23.0 Å². The van der Waals surface area contributed by atoms with E-state index in [1.165, 1.54) is 20.3 Å². The van der Waals surface area contributed by atoms with Crippen LogP contribution in [0, 0.1) is 17.5 Å². The number of phenolic OH excluding ortho intramolecular Hbond substituents is 2. The smallest absolute Gasteiger partial charge is 0.342 e. The number of aromatic carboxylic acids is 2. The Bertz CT molecular complexity index is 936. The zero-order valence-electron chi connectivity index (χ0n) is 17.3. The number of aliphatic hydroxyl groups excluding tert-OH is 1. The van der Waals surface area contributed by atoms with Crippen LogP contribution in [0.3, 0.4) is 0 Å². The number of benzene rings is 2. The number of aromatic hydroxyl groups is 2. The molecule has 13 nitrogen and oxygen atoms in total. The van der Waals surface area contributed by atoms with Gasteiger partial charge in [0.25, 0.3) is 5.69 Å². The van der Waals surface area contributed by atoms with Crippen molar-refractivity contribution < 1.29 is 69.9 Å². The second-order valence-corrected chi connectivity index (χ2v) is 5.02. The van der Waals surface area contributed by atoms with Crippen LogP contribution in [0.25, 0.3) is 0 Å². The summed E-state index contributed by atoms with van der Waals surface area (Å²) in [5.74, 6) is -3.36. The van der Waals surface area contributed by atoms with E-state index < -0.39 is 33.9 Å². The van der Waals surface area contributed by atoms with Crippen molar-refractivity contribution in [3.8, 4) is 23.0 Å². The molecule has 7 N–H and O–H groups in total. The van der Waals surface area contributed by atoms with Crippen LogP contribution in [0.15, 0.2) is 24.3 Å². The van der Waals surface area contributed by atoms with Gasteiger partial charge in [0.05, 0.1) is 36.5 Å². The van der Waals surface area contributed by atoms with E-state index in [1.807, 2.05) is 0 Å². The van der Waals surface area contributed by atoms with E-state index in [0.717, 1.165) is 25.3 Å². The number of carbonyl (C=O) groups is 2. The van der Waals surface area contributed by atoms with E-state index in [2.05, 4.69) is 4.74 Å². The molecule has 0 saturated carbocycles. The molecule has 0 amide bonds. The van der Waals surface area contributed by atoms with Crippen molar-refractivity contribution >= 4 is 23.3 Å². The molecule has 2 rings (SSSR count). The normalized spacial score (nSPS) is 8.36. The molecule has 0 aliphatic heterocycles. The molecule has 0 aromatic heterocycles. The van der Waals surface area contributed by atoms with E-state index in [0.29, 0.717) is 0 Å². The van der Waals surface area contributed by atoms with Crippen LogP contribution in [-0.2, 0) is 20.4 Å². The summed E-state index contributed by atoms with van der Waals surface area (Å²) in [4.78, 5) is 30.8. The van der Waals surface area contributed by atoms with E-state index >= 15 is 0 Å². The first-order valence-corrected chi connectivity index (χ1v) is 7.66. The molecule has 0 unspecified atom stereocenters. The van der Waals surface area contributed by atoms with Gasteiger partial charge < -0.3 is 48.2 Å². The first-order chi connectivity index (χ1) is 14.0. The molecular formula is C19H27N2O11Pd-. The largest absolute Gasteiger partial charge is 0.504 e. The number of hydrogen-bond donors (Lipinski definition) is 6. The zero-order valence-corrected chi connectivity index (χ0v) is 18.9. The van der Waals surface area contributed by atoms with Crippen LogP contribution in [0.1, 0.15) is 28.1 Å². The standard InChI is InChI=1S/C8H7NO6.C8H9NO4.CH4O.CH4.CH3.Pd/c1-15-7-3-5(9(13)14)4(8(11)12)2-6(7)10;1-13-7-3-5(9)4(8(11)12)2-6(7)10;1-2;;;/h2-3,10H,1H3,(H,11,12);2-3,10H,9H2,1H3,(H,11,12);2H,1H3;1H4;1H3;/q;;;;-1;. The number of nitrogen functional groups attached to an aromatic ring is 1. The number of ether oxygens (including phenoxy) is 2. The second-order valence-electron chi connectivity index (χ2n) is 5.02. The van der Waals surface area contributed by atoms with Crippen LogP contribution in [0.2, 0.25) is 0 Å². The molecule has 0 aliphatic rings. The van der Waals surface area contributed by atoms with Gasteiger partial charge >= 0.3 is 11.9 Å². The molecule has 0 fully saturated rings. The van der Waals surface area contributed by atoms with Crippen LogP contribution in [0.4, 0.5) is 11.4 Å². The van der Waals surface area contributed by atoms with Gasteiger partial charge in [-0.2, -0.15) is 0 Å². The van der Waals surface area contributed by atoms with Crippen molar-refractivity contribution in [3.63, 3.8) is 0 Å². The minimum Gasteiger partial charge on any atom is -0.504 e. The number of anilines is 1. The Kier molecular flexibility index (Phi) is 19.0. The van der Waals surface area contributed by atoms with Crippen molar-refractivity contribution in [3.05, 3.63) is 52.9 Å². The minimum atomic E-state index is -1.49. The van der Waals surface area contributed by atoms with Crippen molar-refractivity contribution in [1.29, 1.82) is 0 Å². The Balaban J connectivity index is -0.000000220. The molecule has 2 aromatic rings. The molecular weight excluding hydrogens is 539 g/mol. The fraction of sp³-hybridized carbons (Fsp3) is 0.211. The second kappa shape index (κ2) is 17.0. The minimum absolute atomic E-state index is 0. The Morgan fingerprint density at radius 1 is 0.909 bits per heavy atom. The summed E-state index contributed by atoms with van der Waals surface area (Å²) in [5, 5.41) is 53.2. The quantitative estimate of drug-likeness (QED) is 0.0767. The van der Waals surface area contributed by atoms with Crippen molar-refractivity contribution in [1.82, 2.24) is 0 Å². The summed E-state index contributed by atoms with van der Waals surface area (Å²) in [5.41, 5.74) is 4.10. The molecule has 2 aromatic carbocycles. The molecule has 0 spiro atoms. The predicted molar refractivity (Wildman–Crippen MR) is 116 cm³/mol. The van der Waals surface area contributed by atoms with Gasteiger partial charge in [0.1, 0.15) is 5.56 Å². The summed E-state index contributed by atoms with van der Waals surface area (Å²) in [7, 11) is 3.56. The number of nitrogens with two attached hydrogens (primary N) is 1. The summed E-state index contributed by atoms with van der Waals surface area (Å²) in [6.07, 6.45) is 0. The third-order valence-electron chi connectivity index (χ3n) is 3.31. The van der Waals surface area contributed by atoms with E-state index in [9.17, 15) is 29.9 Å². The van der Waals surface area contributed by atoms with Gasteiger partial charge in [-0.25, -0.2) is 9.59 Å². The molecule has 0 heterocycles. The van der Waals surface area contributed by atoms with Crippen molar-refractivity contribution in [2.75, 3.05) is 27.1 Å². The fourth-order valence-electron chi connectivity index (χ4n) is 1.98. The average molecular weight is 566 g/mol. The van der Waals surface area contributed by atoms with E-state index in [1.54, 1.807) is 0 Å². The topological polar surface area (TPSA) is 223 Å². The van der Waals surface area contributed by atoms with Crippen molar-refractivity contribution in [2.45, 2.75) is 7.43 Å². The number of nitro benzene ring substituents is 1. The number of carboxylic acids is 2. The van der Waals surface area contributed by atoms with Crippen LogP contribution >= 0.6 is 0 Å². The molecule has 0 atom stereocenters. The Labute approximate surface area is 203 Å².